The van der Waals surface area contributed by atoms with E-state index in [1.165, 1.54) is 72.6 Å². The first-order chi connectivity index (χ1) is 24.5. The largest absolute Gasteiger partial charge is 0.466 e. The number of isocyanates is 1. The lowest BCUT2D eigenvalue weighted by atomic mass is 9.84. The number of hydrogen-bond acceptors (Lipinski definition) is 13. The Bertz CT molecular complexity index is 1100. The van der Waals surface area contributed by atoms with E-state index in [2.05, 4.69) is 55.3 Å². The molecule has 7 rings (SSSR count). The van der Waals surface area contributed by atoms with Gasteiger partial charge in [-0.15, -0.1) is 6.58 Å². The first-order valence-corrected chi connectivity index (χ1v) is 18.0. The van der Waals surface area contributed by atoms with Crippen molar-refractivity contribution in [1.29, 1.82) is 0 Å². The van der Waals surface area contributed by atoms with Crippen LogP contribution in [0.2, 0.25) is 0 Å². The van der Waals surface area contributed by atoms with Crippen LogP contribution in [-0.4, -0.2) is 107 Å². The molecule has 0 spiro atoms. The van der Waals surface area contributed by atoms with E-state index in [1.54, 1.807) is 20.1 Å². The first-order valence-electron chi connectivity index (χ1n) is 18.0. The van der Waals surface area contributed by atoms with E-state index in [4.69, 9.17) is 28.5 Å². The highest BCUT2D eigenvalue weighted by Gasteiger charge is 2.54. The number of nitrogens with zero attached hydrogens (tertiary/aromatic N) is 1. The zero-order valence-corrected chi connectivity index (χ0v) is 33.6. The molecule has 0 aromatic rings. The predicted octanol–water partition coefficient (Wildman–Crippen LogP) is 7.43. The standard InChI is InChI=1S/C8H14O.C7H12O.C5H6O3.C4H8O2.C4H6O2.2C3H6O.C3H6.C2H3NO.2CH4/c1-6-3-4-8(2)7(5-6)9-8;1-5-2-3-6-7(4-5)8-6;1-3-2-4(6)8-5(3)7;1-5-2-4-3-6-4;1-3-4(5)6-2;1-3-2-4-3;1-3(2)4;1-3-2;1-3-2-4;;/h6-7H,3-5H2,1-2H3;5-7H,2-4H2,1H3;3H,2H2,1H3;4H,2-3H2,1H3;3H,1H2,2H3;3H,2H2,1H3;1-2H3;3H,1H2,2H3;1H3;2*1H4. The number of ether oxygens (including phenoxy) is 7. The maximum Gasteiger partial charge on any atom is 0.329 e. The third-order valence-electron chi connectivity index (χ3n) is 7.86. The number of hydrogen-bond donors (Lipinski definition) is 0. The Morgan fingerprint density at radius 2 is 1.46 bits per heavy atom. The molecule has 316 valence electrons. The molecule has 0 amide bonds. The third kappa shape index (κ3) is 34.7. The number of allylic oxidation sites excluding steroid dienone is 1. The molecule has 0 radical (unpaired) electrons. The minimum atomic E-state index is -0.400. The molecule has 7 aliphatic rings. The van der Waals surface area contributed by atoms with Crippen molar-refractivity contribution in [2.75, 3.05) is 41.1 Å². The predicted molar refractivity (Wildman–Crippen MR) is 212 cm³/mol. The third-order valence-corrected chi connectivity index (χ3v) is 7.86. The quantitative estimate of drug-likeness (QED) is 0.0528. The van der Waals surface area contributed by atoms with Gasteiger partial charge in [0.2, 0.25) is 6.08 Å². The van der Waals surface area contributed by atoms with Gasteiger partial charge < -0.3 is 38.0 Å². The summed E-state index contributed by atoms with van der Waals surface area (Å²) in [7, 11) is 4.37. The van der Waals surface area contributed by atoms with Gasteiger partial charge in [0.1, 0.15) is 11.9 Å². The van der Waals surface area contributed by atoms with Gasteiger partial charge in [-0.25, -0.2) is 14.6 Å². The number of carbonyl (C=O) groups is 4. The summed E-state index contributed by atoms with van der Waals surface area (Å²) in [6, 6.07) is 0. The molecule has 13 heteroatoms. The van der Waals surface area contributed by atoms with Crippen LogP contribution in [0.15, 0.2) is 30.3 Å². The number of esters is 3. The number of aliphatic imine (C=N–C) groups is 1. The average molecular weight is 774 g/mol. The topological polar surface area (TPSA) is 176 Å². The maximum atomic E-state index is 10.3. The molecule has 5 saturated heterocycles. The highest BCUT2D eigenvalue weighted by molar-refractivity contribution is 5.94. The van der Waals surface area contributed by atoms with Crippen molar-refractivity contribution in [1.82, 2.24) is 0 Å². The second-order valence-corrected chi connectivity index (χ2v) is 13.7. The number of methoxy groups -OCH3 is 2. The molecule has 2 aliphatic carbocycles. The molecular weight excluding hydrogens is 698 g/mol. The highest BCUT2D eigenvalue weighted by Crippen LogP contribution is 2.48. The fraction of sp³-hybridized carbons (Fsp3) is 0.780. The van der Waals surface area contributed by atoms with Crippen LogP contribution in [0.4, 0.5) is 0 Å². The van der Waals surface area contributed by atoms with E-state index in [9.17, 15) is 19.2 Å². The second-order valence-electron chi connectivity index (χ2n) is 13.7. The van der Waals surface area contributed by atoms with Crippen molar-refractivity contribution in [2.45, 2.75) is 151 Å². The molecule has 5 heterocycles. The minimum absolute atomic E-state index is 0. The number of carbonyl (C=O) groups excluding carboxylic acids is 5. The smallest absolute Gasteiger partial charge is 0.329 e. The SMILES string of the molecule is C.C.C=CC.C=CC(=O)OC.CC(C)=O.CC1CC(=O)OC1=O.CC1CCC2(C)OC2C1.CC1CCC2OC2C1.CC1CO1.CN=C=O.COCC1CO1. The van der Waals surface area contributed by atoms with Crippen LogP contribution in [0, 0.1) is 17.8 Å². The van der Waals surface area contributed by atoms with Crippen LogP contribution in [0.25, 0.3) is 0 Å². The minimum Gasteiger partial charge on any atom is -0.466 e. The number of Topliss-reactive ketones (excluding diaryl/α,β-unsaturated/α-hetero) is 1. The van der Waals surface area contributed by atoms with Crippen LogP contribution in [-0.2, 0) is 57.1 Å². The first kappa shape index (κ1) is 57.7. The fourth-order valence-electron chi connectivity index (χ4n) is 4.55. The highest BCUT2D eigenvalue weighted by atomic mass is 16.6. The number of fused-ring (bicyclic) bond motifs is 2. The summed E-state index contributed by atoms with van der Waals surface area (Å²) >= 11 is 0. The van der Waals surface area contributed by atoms with Crippen LogP contribution >= 0.6 is 0 Å². The summed E-state index contributed by atoms with van der Waals surface area (Å²) in [4.78, 5) is 51.7. The van der Waals surface area contributed by atoms with Crippen molar-refractivity contribution in [2.24, 2.45) is 22.7 Å². The van der Waals surface area contributed by atoms with Gasteiger partial charge in [-0.2, -0.15) is 0 Å². The summed E-state index contributed by atoms with van der Waals surface area (Å²) in [6.45, 7) is 24.7. The van der Waals surface area contributed by atoms with E-state index in [0.717, 1.165) is 37.7 Å². The van der Waals surface area contributed by atoms with Gasteiger partial charge >= 0.3 is 17.9 Å². The molecule has 0 aromatic heterocycles. The van der Waals surface area contributed by atoms with Gasteiger partial charge in [0, 0.05) is 20.2 Å². The summed E-state index contributed by atoms with van der Waals surface area (Å²) in [5, 5.41) is 0. The summed E-state index contributed by atoms with van der Waals surface area (Å²) in [6.07, 6.45) is 15.4. The maximum absolute atomic E-state index is 10.3. The van der Waals surface area contributed by atoms with Crippen molar-refractivity contribution in [3.05, 3.63) is 25.3 Å². The molecule has 0 bridgehead atoms. The Balaban J connectivity index is -0.000000265. The molecule has 7 fully saturated rings. The van der Waals surface area contributed by atoms with Gasteiger partial charge in [0.25, 0.3) is 0 Å². The van der Waals surface area contributed by atoms with E-state index >= 15 is 0 Å². The number of epoxide rings is 4. The molecule has 5 aliphatic heterocycles. The normalized spacial score (nSPS) is 29.6. The Morgan fingerprint density at radius 3 is 1.69 bits per heavy atom. The molecule has 13 nitrogen and oxygen atoms in total. The van der Waals surface area contributed by atoms with E-state index < -0.39 is 17.9 Å². The molecule has 54 heavy (non-hydrogen) atoms. The van der Waals surface area contributed by atoms with E-state index in [0.29, 0.717) is 36.1 Å². The van der Waals surface area contributed by atoms with Gasteiger partial charge in [-0.05, 0) is 85.0 Å². The van der Waals surface area contributed by atoms with Gasteiger partial charge in [0.15, 0.2) is 0 Å². The molecule has 9 atom stereocenters. The van der Waals surface area contributed by atoms with Gasteiger partial charge in [-0.3, -0.25) is 9.59 Å². The summed E-state index contributed by atoms with van der Waals surface area (Å²) < 4.78 is 33.5. The van der Waals surface area contributed by atoms with E-state index in [1.807, 2.05) is 6.92 Å². The Labute approximate surface area is 326 Å². The zero-order chi connectivity index (χ0) is 40.3. The summed E-state index contributed by atoms with van der Waals surface area (Å²) in [5.74, 6) is 0.597. The van der Waals surface area contributed by atoms with Crippen molar-refractivity contribution in [3.8, 4) is 0 Å². The van der Waals surface area contributed by atoms with Crippen LogP contribution in [0.5, 0.6) is 0 Å². The zero-order valence-electron chi connectivity index (χ0n) is 33.6. The second kappa shape index (κ2) is 33.3. The monoisotopic (exact) mass is 774 g/mol. The Hall–Kier alpha value is -3.06. The lowest BCUT2D eigenvalue weighted by Gasteiger charge is -2.17. The molecule has 9 unspecified atom stereocenters. The van der Waals surface area contributed by atoms with Crippen molar-refractivity contribution >= 4 is 29.8 Å². The number of ketones is 1. The lowest BCUT2D eigenvalue weighted by molar-refractivity contribution is -0.153. The van der Waals surface area contributed by atoms with Crippen LogP contribution < -0.4 is 0 Å². The molecular formula is C41H75NO12. The fourth-order valence-corrected chi connectivity index (χ4v) is 4.55. The number of cyclic esters (lactones) is 2. The van der Waals surface area contributed by atoms with Gasteiger partial charge in [-0.1, -0.05) is 48.3 Å². The summed E-state index contributed by atoms with van der Waals surface area (Å²) in [5.41, 5.74) is 0.326. The Morgan fingerprint density at radius 1 is 0.963 bits per heavy atom. The molecule has 0 N–H and O–H groups in total. The van der Waals surface area contributed by atoms with Crippen molar-refractivity contribution < 1.29 is 57.1 Å². The Kier molecular flexibility index (Phi) is 35.5. The van der Waals surface area contributed by atoms with E-state index in [-0.39, 0.29) is 33.0 Å². The molecule has 2 saturated carbocycles. The van der Waals surface area contributed by atoms with Crippen LogP contribution in [0.3, 0.4) is 0 Å². The van der Waals surface area contributed by atoms with Gasteiger partial charge in [0.05, 0.1) is 69.3 Å². The van der Waals surface area contributed by atoms with Crippen molar-refractivity contribution in [3.63, 3.8) is 0 Å². The lowest BCUT2D eigenvalue weighted by Crippen LogP contribution is -2.19. The van der Waals surface area contributed by atoms with Crippen LogP contribution in [0.1, 0.15) is 115 Å². The molecule has 0 aromatic carbocycles. The number of rotatable bonds is 3. The average Bonchev–Trinajstić information content (AvgIpc) is 3.88.